The highest BCUT2D eigenvalue weighted by atomic mass is 35.5. The molecule has 0 radical (unpaired) electrons. The van der Waals surface area contributed by atoms with Gasteiger partial charge in [0.05, 0.1) is 10.6 Å². The molecule has 0 bridgehead atoms. The highest BCUT2D eigenvalue weighted by Gasteiger charge is 2.20. The number of halogens is 1. The van der Waals surface area contributed by atoms with Crippen LogP contribution < -0.4 is 10.6 Å². The number of nitrogens with one attached hydrogen (secondary N) is 2. The fraction of sp³-hybridized carbons (Fsp3) is 0.200. The van der Waals surface area contributed by atoms with Gasteiger partial charge in [0.15, 0.2) is 12.4 Å². The number of amides is 2. The number of carbonyl (C=O) groups excluding carboxylic acids is 4. The van der Waals surface area contributed by atoms with E-state index in [-0.39, 0.29) is 16.4 Å². The van der Waals surface area contributed by atoms with Crippen LogP contribution in [-0.4, -0.2) is 36.2 Å². The number of anilines is 1. The van der Waals surface area contributed by atoms with Gasteiger partial charge in [-0.15, -0.1) is 0 Å². The van der Waals surface area contributed by atoms with E-state index in [2.05, 4.69) is 10.6 Å². The zero-order valence-electron chi connectivity index (χ0n) is 15.3. The van der Waals surface area contributed by atoms with E-state index >= 15 is 0 Å². The largest absolute Gasteiger partial charge is 0.454 e. The van der Waals surface area contributed by atoms with Gasteiger partial charge in [-0.3, -0.25) is 14.4 Å². The molecule has 2 amide bonds. The summed E-state index contributed by atoms with van der Waals surface area (Å²) in [5.74, 6) is -1.92. The Morgan fingerprint density at radius 2 is 1.68 bits per heavy atom. The normalized spacial score (nSPS) is 11.2. The standard InChI is InChI=1S/C20H19ClN2O5/c1-12(22-19(26)16-5-3-4-6-17(16)21)20(27)28-11-18(25)23-15-9-7-14(8-10-15)13(2)24/h3-10,12H,11H2,1-2H3,(H,22,26)(H,23,25)/t12-/m0/s1. The average Bonchev–Trinajstić information content (AvgIpc) is 2.66. The second kappa shape index (κ2) is 9.66. The molecule has 0 spiro atoms. The minimum atomic E-state index is -0.966. The van der Waals surface area contributed by atoms with Gasteiger partial charge in [-0.05, 0) is 50.2 Å². The van der Waals surface area contributed by atoms with E-state index in [0.717, 1.165) is 0 Å². The van der Waals surface area contributed by atoms with Gasteiger partial charge in [0.1, 0.15) is 6.04 Å². The van der Waals surface area contributed by atoms with Gasteiger partial charge < -0.3 is 15.4 Å². The minimum Gasteiger partial charge on any atom is -0.454 e. The van der Waals surface area contributed by atoms with Gasteiger partial charge >= 0.3 is 5.97 Å². The van der Waals surface area contributed by atoms with E-state index < -0.39 is 30.4 Å². The number of esters is 1. The van der Waals surface area contributed by atoms with Crippen LogP contribution in [0.3, 0.4) is 0 Å². The Morgan fingerprint density at radius 1 is 1.04 bits per heavy atom. The quantitative estimate of drug-likeness (QED) is 0.547. The molecule has 28 heavy (non-hydrogen) atoms. The maximum absolute atomic E-state index is 12.1. The molecule has 0 fully saturated rings. The predicted octanol–water partition coefficient (Wildman–Crippen LogP) is 2.84. The molecule has 8 heteroatoms. The van der Waals surface area contributed by atoms with E-state index in [1.165, 1.54) is 19.9 Å². The highest BCUT2D eigenvalue weighted by molar-refractivity contribution is 6.33. The predicted molar refractivity (Wildman–Crippen MR) is 104 cm³/mol. The number of ether oxygens (including phenoxy) is 1. The van der Waals surface area contributed by atoms with Gasteiger partial charge in [0.25, 0.3) is 11.8 Å². The fourth-order valence-electron chi connectivity index (χ4n) is 2.23. The molecule has 0 heterocycles. The number of rotatable bonds is 7. The van der Waals surface area contributed by atoms with Crippen molar-refractivity contribution in [3.8, 4) is 0 Å². The number of hydrogen-bond donors (Lipinski definition) is 2. The second-order valence-electron chi connectivity index (χ2n) is 5.96. The lowest BCUT2D eigenvalue weighted by molar-refractivity contribution is -0.148. The first-order valence-electron chi connectivity index (χ1n) is 8.41. The SMILES string of the molecule is CC(=O)c1ccc(NC(=O)COC(=O)[C@H](C)NC(=O)c2ccccc2Cl)cc1. The van der Waals surface area contributed by atoms with Gasteiger partial charge in [-0.2, -0.15) is 0 Å². The molecule has 2 rings (SSSR count). The Balaban J connectivity index is 1.82. The summed E-state index contributed by atoms with van der Waals surface area (Å²) in [6.07, 6.45) is 0. The summed E-state index contributed by atoms with van der Waals surface area (Å²) < 4.78 is 4.91. The topological polar surface area (TPSA) is 102 Å². The first-order chi connectivity index (χ1) is 13.3. The maximum atomic E-state index is 12.1. The summed E-state index contributed by atoms with van der Waals surface area (Å²) in [6.45, 7) is 2.37. The van der Waals surface area contributed by atoms with E-state index in [4.69, 9.17) is 16.3 Å². The van der Waals surface area contributed by atoms with Crippen LogP contribution in [0.1, 0.15) is 34.6 Å². The number of hydrogen-bond acceptors (Lipinski definition) is 5. The molecule has 0 aliphatic heterocycles. The summed E-state index contributed by atoms with van der Waals surface area (Å²) in [4.78, 5) is 47.2. The van der Waals surface area contributed by atoms with Crippen molar-refractivity contribution >= 4 is 40.9 Å². The minimum absolute atomic E-state index is 0.0837. The Morgan fingerprint density at radius 3 is 2.29 bits per heavy atom. The third-order valence-electron chi connectivity index (χ3n) is 3.74. The van der Waals surface area contributed by atoms with Crippen LogP contribution in [0, 0.1) is 0 Å². The van der Waals surface area contributed by atoms with Crippen LogP contribution in [0.5, 0.6) is 0 Å². The van der Waals surface area contributed by atoms with Crippen molar-refractivity contribution in [3.05, 3.63) is 64.7 Å². The molecule has 2 N–H and O–H groups in total. The number of carbonyl (C=O) groups is 4. The van der Waals surface area contributed by atoms with Crippen LogP contribution in [0.25, 0.3) is 0 Å². The summed E-state index contributed by atoms with van der Waals surface area (Å²) in [6, 6.07) is 11.8. The van der Waals surface area contributed by atoms with Crippen LogP contribution in [-0.2, 0) is 14.3 Å². The molecule has 0 saturated heterocycles. The number of ketones is 1. The third kappa shape index (κ3) is 5.92. The number of benzene rings is 2. The van der Waals surface area contributed by atoms with E-state index in [0.29, 0.717) is 11.3 Å². The first-order valence-corrected chi connectivity index (χ1v) is 8.78. The lowest BCUT2D eigenvalue weighted by atomic mass is 10.1. The third-order valence-corrected chi connectivity index (χ3v) is 4.07. The Kier molecular flexibility index (Phi) is 7.28. The van der Waals surface area contributed by atoms with Gasteiger partial charge in [-0.25, -0.2) is 4.79 Å². The average molecular weight is 403 g/mol. The molecule has 7 nitrogen and oxygen atoms in total. The Hall–Kier alpha value is -3.19. The molecule has 0 saturated carbocycles. The van der Waals surface area contributed by atoms with Crippen LogP contribution in [0.4, 0.5) is 5.69 Å². The summed E-state index contributed by atoms with van der Waals surface area (Å²) >= 11 is 5.94. The number of Topliss-reactive ketones (excluding diaryl/α,β-unsaturated/α-hetero) is 1. The molecule has 146 valence electrons. The zero-order chi connectivity index (χ0) is 20.7. The van der Waals surface area contributed by atoms with Crippen molar-refractivity contribution in [1.82, 2.24) is 5.32 Å². The van der Waals surface area contributed by atoms with Crippen LogP contribution >= 0.6 is 11.6 Å². The molecular weight excluding hydrogens is 384 g/mol. The van der Waals surface area contributed by atoms with Crippen molar-refractivity contribution in [2.24, 2.45) is 0 Å². The van der Waals surface area contributed by atoms with Crippen LogP contribution in [0.2, 0.25) is 5.02 Å². The summed E-state index contributed by atoms with van der Waals surface area (Å²) in [5.41, 5.74) is 1.22. The van der Waals surface area contributed by atoms with E-state index in [1.54, 1.807) is 42.5 Å². The van der Waals surface area contributed by atoms with Crippen molar-refractivity contribution < 1.29 is 23.9 Å². The highest BCUT2D eigenvalue weighted by Crippen LogP contribution is 2.14. The van der Waals surface area contributed by atoms with Crippen molar-refractivity contribution in [3.63, 3.8) is 0 Å². The first kappa shape index (κ1) is 21.1. The van der Waals surface area contributed by atoms with Gasteiger partial charge in [-0.1, -0.05) is 23.7 Å². The van der Waals surface area contributed by atoms with Gasteiger partial charge in [0, 0.05) is 11.3 Å². The van der Waals surface area contributed by atoms with E-state index in [1.807, 2.05) is 0 Å². The fourth-order valence-corrected chi connectivity index (χ4v) is 2.45. The summed E-state index contributed by atoms with van der Waals surface area (Å²) in [5, 5.41) is 5.27. The molecule has 0 aliphatic rings. The smallest absolute Gasteiger partial charge is 0.328 e. The van der Waals surface area contributed by atoms with Gasteiger partial charge in [0.2, 0.25) is 0 Å². The summed E-state index contributed by atoms with van der Waals surface area (Å²) in [7, 11) is 0. The molecule has 0 aromatic heterocycles. The molecule has 0 unspecified atom stereocenters. The molecule has 2 aromatic carbocycles. The molecular formula is C20H19ClN2O5. The van der Waals surface area contributed by atoms with Crippen LogP contribution in [0.15, 0.2) is 48.5 Å². The lowest BCUT2D eigenvalue weighted by Gasteiger charge is -2.14. The van der Waals surface area contributed by atoms with Crippen molar-refractivity contribution in [1.29, 1.82) is 0 Å². The van der Waals surface area contributed by atoms with E-state index in [9.17, 15) is 19.2 Å². The Bertz CT molecular complexity index is 896. The Labute approximate surface area is 167 Å². The molecule has 2 aromatic rings. The van der Waals surface area contributed by atoms with Crippen molar-refractivity contribution in [2.45, 2.75) is 19.9 Å². The second-order valence-corrected chi connectivity index (χ2v) is 6.37. The maximum Gasteiger partial charge on any atom is 0.328 e. The lowest BCUT2D eigenvalue weighted by Crippen LogP contribution is -2.40. The monoisotopic (exact) mass is 402 g/mol. The zero-order valence-corrected chi connectivity index (χ0v) is 16.1. The van der Waals surface area contributed by atoms with Crippen molar-refractivity contribution in [2.75, 3.05) is 11.9 Å². The molecule has 0 aliphatic carbocycles. The molecule has 1 atom stereocenters.